The predicted molar refractivity (Wildman–Crippen MR) is 49.6 cm³/mol. The van der Waals surface area contributed by atoms with Gasteiger partial charge < -0.3 is 0 Å². The Kier molecular flexibility index (Phi) is 3.37. The molecule has 1 atom stereocenters. The number of hydrogen-bond donors (Lipinski definition) is 1. The van der Waals surface area contributed by atoms with Gasteiger partial charge in [-0.3, -0.25) is 0 Å². The van der Waals surface area contributed by atoms with Gasteiger partial charge in [0.1, 0.15) is 16.8 Å². The van der Waals surface area contributed by atoms with Gasteiger partial charge in [0.15, 0.2) is 0 Å². The Labute approximate surface area is 80.9 Å². The van der Waals surface area contributed by atoms with Gasteiger partial charge in [-0.05, 0) is 41.2 Å². The molecule has 0 aliphatic rings. The molecule has 1 unspecified atom stereocenters. The first kappa shape index (κ1) is 9.83. The summed E-state index contributed by atoms with van der Waals surface area (Å²) in [5.41, 5.74) is 0. The first-order chi connectivity index (χ1) is 5.65. The molecule has 0 heterocycles. The Hall–Kier alpha value is -0.260. The highest BCUT2D eigenvalue weighted by Gasteiger charge is 2.04. The first-order valence-electron chi connectivity index (χ1n) is 3.19. The topological polar surface area (TPSA) is 29.1 Å². The van der Waals surface area contributed by atoms with E-state index in [0.29, 0.717) is 9.37 Å². The third kappa shape index (κ3) is 2.12. The van der Waals surface area contributed by atoms with Crippen molar-refractivity contribution in [3.63, 3.8) is 0 Å². The Balaban J connectivity index is 3.05. The molecule has 1 N–H and O–H groups in total. The van der Waals surface area contributed by atoms with Crippen molar-refractivity contribution in [2.45, 2.75) is 4.90 Å². The van der Waals surface area contributed by atoms with Crippen LogP contribution in [0.4, 0.5) is 4.39 Å². The molecule has 0 spiro atoms. The van der Waals surface area contributed by atoms with Crippen LogP contribution in [0.2, 0.25) is 0 Å². The maximum absolute atomic E-state index is 12.7. The summed E-state index contributed by atoms with van der Waals surface area (Å²) < 4.78 is 26.7. The van der Waals surface area contributed by atoms with Crippen LogP contribution in [-0.2, 0) is 11.0 Å². The third-order valence-corrected chi connectivity index (χ3v) is 2.95. The summed E-state index contributed by atoms with van der Waals surface area (Å²) >= 11 is 3.01. The normalized spacial score (nSPS) is 12.9. The lowest BCUT2D eigenvalue weighted by Crippen LogP contribution is -2.10. The lowest BCUT2D eigenvalue weighted by molar-refractivity contribution is 0.619. The molecule has 0 aromatic heterocycles. The molecule has 0 aliphatic carbocycles. The smallest absolute Gasteiger partial charge is 0.137 e. The van der Waals surface area contributed by atoms with Gasteiger partial charge in [-0.1, -0.05) is 0 Å². The second kappa shape index (κ2) is 4.11. The van der Waals surface area contributed by atoms with E-state index in [1.807, 2.05) is 0 Å². The Morgan fingerprint density at radius 3 is 2.75 bits per heavy atom. The maximum atomic E-state index is 12.7. The van der Waals surface area contributed by atoms with Crippen molar-refractivity contribution in [2.24, 2.45) is 0 Å². The number of nitrogens with one attached hydrogen (secondary N) is 1. The SMILES string of the molecule is CNS(=O)c1ccc(F)c(Br)c1. The van der Waals surface area contributed by atoms with E-state index in [0.717, 1.165) is 0 Å². The summed E-state index contributed by atoms with van der Waals surface area (Å²) in [5, 5.41) is 0. The summed E-state index contributed by atoms with van der Waals surface area (Å²) in [6, 6.07) is 4.24. The van der Waals surface area contributed by atoms with E-state index in [4.69, 9.17) is 0 Å². The van der Waals surface area contributed by atoms with Crippen LogP contribution in [0.25, 0.3) is 0 Å². The van der Waals surface area contributed by atoms with Crippen LogP contribution in [0.1, 0.15) is 0 Å². The third-order valence-electron chi connectivity index (χ3n) is 1.29. The van der Waals surface area contributed by atoms with Crippen molar-refractivity contribution in [2.75, 3.05) is 7.05 Å². The van der Waals surface area contributed by atoms with Gasteiger partial charge >= 0.3 is 0 Å². The lowest BCUT2D eigenvalue weighted by Gasteiger charge is -2.00. The van der Waals surface area contributed by atoms with E-state index in [-0.39, 0.29) is 5.82 Å². The van der Waals surface area contributed by atoms with Gasteiger partial charge in [0.2, 0.25) is 0 Å². The molecule has 2 nitrogen and oxygen atoms in total. The highest BCUT2D eigenvalue weighted by molar-refractivity contribution is 9.10. The molecule has 66 valence electrons. The average molecular weight is 252 g/mol. The minimum absolute atomic E-state index is 0.323. The van der Waals surface area contributed by atoms with Crippen LogP contribution in [-0.4, -0.2) is 11.3 Å². The summed E-state index contributed by atoms with van der Waals surface area (Å²) in [4.78, 5) is 0.547. The number of rotatable bonds is 2. The first-order valence-corrected chi connectivity index (χ1v) is 5.13. The van der Waals surface area contributed by atoms with Gasteiger partial charge in [-0.15, -0.1) is 0 Å². The second-order valence-electron chi connectivity index (χ2n) is 2.05. The van der Waals surface area contributed by atoms with E-state index in [9.17, 15) is 8.60 Å². The second-order valence-corrected chi connectivity index (χ2v) is 4.32. The fourth-order valence-electron chi connectivity index (χ4n) is 0.710. The molecule has 5 heteroatoms. The van der Waals surface area contributed by atoms with E-state index in [1.54, 1.807) is 7.05 Å². The molecule has 0 saturated carbocycles. The molecular weight excluding hydrogens is 245 g/mol. The summed E-state index contributed by atoms with van der Waals surface area (Å²) in [5.74, 6) is -0.355. The predicted octanol–water partition coefficient (Wildman–Crippen LogP) is 1.83. The molecule has 1 rings (SSSR count). The van der Waals surface area contributed by atoms with Gasteiger partial charge in [0.25, 0.3) is 0 Å². The minimum atomic E-state index is -1.26. The number of halogens is 2. The zero-order valence-electron chi connectivity index (χ0n) is 6.30. The van der Waals surface area contributed by atoms with E-state index in [2.05, 4.69) is 20.7 Å². The Morgan fingerprint density at radius 2 is 2.25 bits per heavy atom. The number of benzene rings is 1. The van der Waals surface area contributed by atoms with E-state index < -0.39 is 11.0 Å². The molecule has 0 fully saturated rings. The van der Waals surface area contributed by atoms with Crippen LogP contribution in [0.5, 0.6) is 0 Å². The van der Waals surface area contributed by atoms with Gasteiger partial charge in [0.05, 0.1) is 9.37 Å². The Bertz CT molecular complexity index is 318. The molecule has 12 heavy (non-hydrogen) atoms. The summed E-state index contributed by atoms with van der Waals surface area (Å²) in [6.07, 6.45) is 0. The van der Waals surface area contributed by atoms with Crippen molar-refractivity contribution in [3.8, 4) is 0 Å². The highest BCUT2D eigenvalue weighted by atomic mass is 79.9. The fraction of sp³-hybridized carbons (Fsp3) is 0.143. The molecule has 0 amide bonds. The zero-order valence-corrected chi connectivity index (χ0v) is 8.71. The van der Waals surface area contributed by atoms with Gasteiger partial charge in [-0.2, -0.15) is 0 Å². The van der Waals surface area contributed by atoms with E-state index >= 15 is 0 Å². The average Bonchev–Trinajstić information content (AvgIpc) is 2.08. The van der Waals surface area contributed by atoms with E-state index in [1.165, 1.54) is 18.2 Å². The maximum Gasteiger partial charge on any atom is 0.137 e. The monoisotopic (exact) mass is 251 g/mol. The van der Waals surface area contributed by atoms with Crippen molar-refractivity contribution in [1.82, 2.24) is 4.72 Å². The minimum Gasteiger partial charge on any atom is -0.238 e. The van der Waals surface area contributed by atoms with Crippen molar-refractivity contribution in [3.05, 3.63) is 28.5 Å². The molecule has 0 radical (unpaired) electrons. The van der Waals surface area contributed by atoms with Gasteiger partial charge in [-0.25, -0.2) is 13.3 Å². The fourth-order valence-corrected chi connectivity index (χ4v) is 1.89. The highest BCUT2D eigenvalue weighted by Crippen LogP contribution is 2.18. The zero-order chi connectivity index (χ0) is 9.14. The van der Waals surface area contributed by atoms with Crippen LogP contribution in [0.3, 0.4) is 0 Å². The molecule has 0 aliphatic heterocycles. The molecular formula is C7H7BrFNOS. The number of hydrogen-bond acceptors (Lipinski definition) is 1. The van der Waals surface area contributed by atoms with Crippen molar-refractivity contribution in [1.29, 1.82) is 0 Å². The molecule has 1 aromatic carbocycles. The molecule has 0 bridgehead atoms. The van der Waals surface area contributed by atoms with Crippen molar-refractivity contribution >= 4 is 26.9 Å². The molecule has 1 aromatic rings. The summed E-state index contributed by atoms with van der Waals surface area (Å²) in [6.45, 7) is 0. The van der Waals surface area contributed by atoms with Crippen LogP contribution >= 0.6 is 15.9 Å². The quantitative estimate of drug-likeness (QED) is 0.854. The Morgan fingerprint density at radius 1 is 1.58 bits per heavy atom. The largest absolute Gasteiger partial charge is 0.238 e. The summed E-state index contributed by atoms with van der Waals surface area (Å²) in [7, 11) is 0.321. The lowest BCUT2D eigenvalue weighted by atomic mass is 10.3. The standard InChI is InChI=1S/C7H7BrFNOS/c1-10-12(11)5-2-3-7(9)6(8)4-5/h2-4,10H,1H3. The van der Waals surface area contributed by atoms with Crippen LogP contribution in [0.15, 0.2) is 27.6 Å². The van der Waals surface area contributed by atoms with Crippen molar-refractivity contribution < 1.29 is 8.60 Å². The molecule has 0 saturated heterocycles. The van der Waals surface area contributed by atoms with Crippen LogP contribution in [0, 0.1) is 5.82 Å². The van der Waals surface area contributed by atoms with Gasteiger partial charge in [0, 0.05) is 0 Å². The van der Waals surface area contributed by atoms with Crippen LogP contribution < -0.4 is 4.72 Å².